The number of esters is 4. The molecule has 104 heavy (non-hydrogen) atoms. The van der Waals surface area contributed by atoms with Gasteiger partial charge in [-0.2, -0.15) is 0 Å². The maximum Gasteiger partial charge on any atom is 0.472 e. The highest BCUT2D eigenvalue weighted by atomic mass is 31.2. The fraction of sp³-hybridized carbons (Fsp3) is 0.671. The van der Waals surface area contributed by atoms with Crippen LogP contribution in [0.5, 0.6) is 0 Å². The highest BCUT2D eigenvalue weighted by molar-refractivity contribution is 7.47. The summed E-state index contributed by atoms with van der Waals surface area (Å²) in [4.78, 5) is 73.0. The van der Waals surface area contributed by atoms with Gasteiger partial charge < -0.3 is 33.8 Å². The molecule has 0 aliphatic carbocycles. The van der Waals surface area contributed by atoms with E-state index in [1.807, 2.05) is 0 Å². The van der Waals surface area contributed by atoms with Crippen LogP contribution >= 0.6 is 15.6 Å². The predicted molar refractivity (Wildman–Crippen MR) is 427 cm³/mol. The second-order valence-electron chi connectivity index (χ2n) is 26.2. The molecular formula is C85H142O17P2. The molecule has 0 aromatic heterocycles. The third-order valence-corrected chi connectivity index (χ3v) is 18.2. The van der Waals surface area contributed by atoms with Gasteiger partial charge in [-0.25, -0.2) is 9.13 Å². The van der Waals surface area contributed by atoms with Gasteiger partial charge >= 0.3 is 39.5 Å². The molecule has 0 aliphatic heterocycles. The van der Waals surface area contributed by atoms with E-state index in [0.717, 1.165) is 218 Å². The molecule has 19 heteroatoms. The topological polar surface area (TPSA) is 237 Å². The highest BCUT2D eigenvalue weighted by Crippen LogP contribution is 2.45. The number of rotatable bonds is 74. The number of unbranched alkanes of at least 4 members (excludes halogenated alkanes) is 24. The zero-order valence-electron chi connectivity index (χ0n) is 64.9. The van der Waals surface area contributed by atoms with Crippen LogP contribution in [0, 0.1) is 0 Å². The number of phosphoric ester groups is 2. The Kier molecular flexibility index (Phi) is 72.4. The van der Waals surface area contributed by atoms with Crippen LogP contribution in [0.25, 0.3) is 0 Å². The Morgan fingerprint density at radius 3 is 0.779 bits per heavy atom. The van der Waals surface area contributed by atoms with Crippen LogP contribution in [0.4, 0.5) is 0 Å². The standard InChI is InChI=1S/C85H142O17P2/c1-5-9-13-17-21-25-29-32-35-37-39-41-44-46-50-53-57-61-65-69-82(87)95-75-80(101-84(89)71-67-63-59-55-49-28-24-20-16-12-8-4)77-99-103(91,92)97-73-79(86)74-98-104(93,94)100-78-81(102-85(90)72-68-64-60-56-52-48-43-34-31-27-23-19-15-11-7-3)76-96-83(88)70-66-62-58-54-51-47-45-42-40-38-36-33-30-26-22-18-14-10-6-2/h9-11,13-15,20-27,32-36,39-43,79-81,86H,5-8,12,16-19,28-31,37-38,44-78H2,1-4H3,(H,91,92)(H,93,94)/b13-9-,14-10-,15-11-,24-20-,25-21-,26-22-,27-23-,35-32-,36-33-,41-39-,42-40-,43-34-. The second kappa shape index (κ2) is 76.1. The van der Waals surface area contributed by atoms with Crippen LogP contribution in [0.3, 0.4) is 0 Å². The van der Waals surface area contributed by atoms with Crippen molar-refractivity contribution in [2.45, 2.75) is 329 Å². The Morgan fingerprint density at radius 1 is 0.279 bits per heavy atom. The van der Waals surface area contributed by atoms with Crippen molar-refractivity contribution in [1.82, 2.24) is 0 Å². The van der Waals surface area contributed by atoms with Crippen LogP contribution in [-0.4, -0.2) is 96.7 Å². The summed E-state index contributed by atoms with van der Waals surface area (Å²) < 4.78 is 68.6. The number of hydrogen-bond acceptors (Lipinski definition) is 15. The lowest BCUT2D eigenvalue weighted by molar-refractivity contribution is -0.161. The molecule has 3 N–H and O–H groups in total. The van der Waals surface area contributed by atoms with Crippen LogP contribution in [0.2, 0.25) is 0 Å². The van der Waals surface area contributed by atoms with E-state index in [2.05, 4.69) is 174 Å². The lowest BCUT2D eigenvalue weighted by atomic mass is 10.1. The number of hydrogen-bond donors (Lipinski definition) is 3. The first-order chi connectivity index (χ1) is 50.7. The van der Waals surface area contributed by atoms with Crippen LogP contribution in [0.1, 0.15) is 310 Å². The van der Waals surface area contributed by atoms with Crippen molar-refractivity contribution in [2.75, 3.05) is 39.6 Å². The third-order valence-electron chi connectivity index (χ3n) is 16.3. The molecule has 0 rings (SSSR count). The first-order valence-electron chi connectivity index (χ1n) is 40.1. The molecular weight excluding hydrogens is 1350 g/mol. The molecule has 17 nitrogen and oxygen atoms in total. The summed E-state index contributed by atoms with van der Waals surface area (Å²) in [7, 11) is -9.98. The van der Waals surface area contributed by atoms with E-state index >= 15 is 0 Å². The number of phosphoric acid groups is 2. The Balaban J connectivity index is 5.35. The highest BCUT2D eigenvalue weighted by Gasteiger charge is 2.30. The molecule has 0 heterocycles. The normalized spacial score (nSPS) is 14.6. The van der Waals surface area contributed by atoms with E-state index < -0.39 is 97.5 Å². The number of aliphatic hydroxyl groups excluding tert-OH is 1. The Labute approximate surface area is 630 Å². The van der Waals surface area contributed by atoms with Gasteiger partial charge in [-0.1, -0.05) is 276 Å². The van der Waals surface area contributed by atoms with Gasteiger partial charge in [0.15, 0.2) is 12.2 Å². The summed E-state index contributed by atoms with van der Waals surface area (Å²) in [5, 5.41) is 10.6. The van der Waals surface area contributed by atoms with Gasteiger partial charge in [0, 0.05) is 25.7 Å². The number of allylic oxidation sites excluding steroid dienone is 24. The summed E-state index contributed by atoms with van der Waals surface area (Å²) in [5.41, 5.74) is 0. The molecule has 0 bridgehead atoms. The molecule has 0 spiro atoms. The Hall–Kier alpha value is -5.06. The average molecular weight is 1500 g/mol. The van der Waals surface area contributed by atoms with Gasteiger partial charge in [0.25, 0.3) is 0 Å². The lowest BCUT2D eigenvalue weighted by Crippen LogP contribution is -2.30. The minimum atomic E-state index is -4.99. The minimum Gasteiger partial charge on any atom is -0.462 e. The van der Waals surface area contributed by atoms with Crippen molar-refractivity contribution >= 4 is 39.5 Å². The zero-order chi connectivity index (χ0) is 76.0. The van der Waals surface area contributed by atoms with Crippen molar-refractivity contribution in [3.05, 3.63) is 146 Å². The van der Waals surface area contributed by atoms with E-state index in [4.69, 9.17) is 37.0 Å². The second-order valence-corrected chi connectivity index (χ2v) is 29.1. The monoisotopic (exact) mass is 1500 g/mol. The van der Waals surface area contributed by atoms with Crippen LogP contribution in [0.15, 0.2) is 146 Å². The van der Waals surface area contributed by atoms with E-state index in [1.54, 1.807) is 0 Å². The van der Waals surface area contributed by atoms with Crippen molar-refractivity contribution in [3.8, 4) is 0 Å². The molecule has 0 aromatic rings. The van der Waals surface area contributed by atoms with Gasteiger partial charge in [0.1, 0.15) is 19.3 Å². The summed E-state index contributed by atoms with van der Waals surface area (Å²) in [6.07, 6.45) is 86.8. The first kappa shape index (κ1) is 98.9. The van der Waals surface area contributed by atoms with Crippen molar-refractivity contribution in [2.24, 2.45) is 0 Å². The van der Waals surface area contributed by atoms with E-state index in [0.29, 0.717) is 25.7 Å². The van der Waals surface area contributed by atoms with Gasteiger partial charge in [-0.05, 0) is 154 Å². The van der Waals surface area contributed by atoms with Crippen LogP contribution < -0.4 is 0 Å². The SMILES string of the molecule is CC/C=C\C/C=C\C/C=C\C/C=C\CCCCCCCCC(=O)OCC(COP(=O)(O)OCC(O)COP(=O)(O)OCC(COC(=O)CCCCCCCC/C=C\C/C=C\C/C=C\C/C=C\CC)OC(=O)CCCCCCC/C=C\CCCC)OC(=O)CCCCCCC/C=C\C/C=C\C/C=C\CC. The molecule has 0 aliphatic rings. The van der Waals surface area contributed by atoms with Gasteiger partial charge in [0.05, 0.1) is 26.4 Å². The van der Waals surface area contributed by atoms with Crippen molar-refractivity contribution < 1.29 is 80.2 Å². The van der Waals surface area contributed by atoms with Gasteiger partial charge in [0.2, 0.25) is 0 Å². The zero-order valence-corrected chi connectivity index (χ0v) is 66.7. The molecule has 0 saturated carbocycles. The Morgan fingerprint density at radius 2 is 0.500 bits per heavy atom. The number of aliphatic hydroxyl groups is 1. The van der Waals surface area contributed by atoms with E-state index in [1.165, 1.54) is 12.8 Å². The summed E-state index contributed by atoms with van der Waals surface area (Å²) in [6.45, 7) is 4.44. The molecule has 594 valence electrons. The first-order valence-corrected chi connectivity index (χ1v) is 43.1. The van der Waals surface area contributed by atoms with E-state index in [9.17, 15) is 43.2 Å². The maximum atomic E-state index is 13.1. The minimum absolute atomic E-state index is 0.0681. The van der Waals surface area contributed by atoms with Gasteiger partial charge in [-0.15, -0.1) is 0 Å². The fourth-order valence-electron chi connectivity index (χ4n) is 10.3. The molecule has 0 saturated heterocycles. The molecule has 5 unspecified atom stereocenters. The maximum absolute atomic E-state index is 13.1. The molecule has 0 radical (unpaired) electrons. The summed E-state index contributed by atoms with van der Waals surface area (Å²) >= 11 is 0. The Bertz CT molecular complexity index is 2540. The van der Waals surface area contributed by atoms with Gasteiger partial charge in [-0.3, -0.25) is 37.3 Å². The molecule has 5 atom stereocenters. The quantitative estimate of drug-likeness (QED) is 0.0169. The number of ether oxygens (including phenoxy) is 4. The van der Waals surface area contributed by atoms with E-state index in [-0.39, 0.29) is 25.7 Å². The molecule has 0 aromatic carbocycles. The average Bonchev–Trinajstić information content (AvgIpc) is 0.929. The lowest BCUT2D eigenvalue weighted by Gasteiger charge is -2.21. The molecule has 0 amide bonds. The fourth-order valence-corrected chi connectivity index (χ4v) is 11.8. The summed E-state index contributed by atoms with van der Waals surface area (Å²) in [5.74, 6) is -2.24. The van der Waals surface area contributed by atoms with Crippen molar-refractivity contribution in [1.29, 1.82) is 0 Å². The smallest absolute Gasteiger partial charge is 0.462 e. The summed E-state index contributed by atoms with van der Waals surface area (Å²) in [6, 6.07) is 0. The molecule has 0 fully saturated rings. The number of carbonyl (C=O) groups is 4. The van der Waals surface area contributed by atoms with Crippen LogP contribution in [-0.2, 0) is 65.4 Å². The largest absolute Gasteiger partial charge is 0.472 e. The van der Waals surface area contributed by atoms with Crippen molar-refractivity contribution in [3.63, 3.8) is 0 Å². The third kappa shape index (κ3) is 75.2. The number of carbonyl (C=O) groups excluding carboxylic acids is 4. The predicted octanol–water partition coefficient (Wildman–Crippen LogP) is 23.4.